The van der Waals surface area contributed by atoms with Gasteiger partial charge in [-0.1, -0.05) is 0 Å². The van der Waals surface area contributed by atoms with Gasteiger partial charge in [0.25, 0.3) is 0 Å². The highest BCUT2D eigenvalue weighted by molar-refractivity contribution is 5.86. The van der Waals surface area contributed by atoms with E-state index in [0.29, 0.717) is 11.2 Å². The van der Waals surface area contributed by atoms with Crippen molar-refractivity contribution in [3.05, 3.63) is 72.8 Å². The minimum absolute atomic E-state index is 0.0755. The average molecular weight is 411 g/mol. The number of imidazole rings is 1. The number of nitrogens with zero attached hydrogens (tertiary/aromatic N) is 6. The predicted molar refractivity (Wildman–Crippen MR) is 116 cm³/mol. The molecule has 152 valence electrons. The molecule has 31 heavy (non-hydrogen) atoms. The Labute approximate surface area is 177 Å². The number of anilines is 1. The van der Waals surface area contributed by atoms with Gasteiger partial charge in [-0.15, -0.1) is 0 Å². The van der Waals surface area contributed by atoms with Crippen molar-refractivity contribution in [3.63, 3.8) is 0 Å². The molecule has 1 saturated heterocycles. The zero-order valence-corrected chi connectivity index (χ0v) is 16.5. The van der Waals surface area contributed by atoms with E-state index in [1.54, 1.807) is 31.1 Å². The molecule has 7 nitrogen and oxygen atoms in total. The van der Waals surface area contributed by atoms with Crippen LogP contribution in [0.15, 0.2) is 61.4 Å². The first-order chi connectivity index (χ1) is 15.3. The molecule has 0 radical (unpaired) electrons. The fourth-order valence-corrected chi connectivity index (χ4v) is 4.47. The van der Waals surface area contributed by atoms with Crippen LogP contribution in [0, 0.1) is 5.82 Å². The van der Waals surface area contributed by atoms with Gasteiger partial charge in [0.15, 0.2) is 11.5 Å². The molecular formula is C23H18FN7. The van der Waals surface area contributed by atoms with E-state index in [2.05, 4.69) is 35.9 Å². The maximum Gasteiger partial charge on any atom is 0.182 e. The summed E-state index contributed by atoms with van der Waals surface area (Å²) in [5.74, 6) is 0.545. The average Bonchev–Trinajstić information content (AvgIpc) is 3.48. The number of fused-ring (bicyclic) bond motifs is 2. The van der Waals surface area contributed by atoms with E-state index in [-0.39, 0.29) is 11.9 Å². The number of benzene rings is 1. The number of aromatic nitrogens is 6. The molecule has 1 unspecified atom stereocenters. The van der Waals surface area contributed by atoms with E-state index in [1.807, 2.05) is 12.1 Å². The maximum absolute atomic E-state index is 13.9. The summed E-state index contributed by atoms with van der Waals surface area (Å²) in [6, 6.07) is 10.8. The third-order valence-corrected chi connectivity index (χ3v) is 5.85. The quantitative estimate of drug-likeness (QED) is 0.472. The fraction of sp³-hybridized carbons (Fsp3) is 0.174. The van der Waals surface area contributed by atoms with Crippen LogP contribution in [-0.4, -0.2) is 36.4 Å². The van der Waals surface area contributed by atoms with Gasteiger partial charge in [0.2, 0.25) is 0 Å². The Morgan fingerprint density at radius 2 is 1.94 bits per heavy atom. The Morgan fingerprint density at radius 3 is 2.84 bits per heavy atom. The molecule has 0 bridgehead atoms. The molecule has 0 saturated carbocycles. The molecule has 4 aromatic heterocycles. The molecule has 8 heteroatoms. The summed E-state index contributed by atoms with van der Waals surface area (Å²) < 4.78 is 13.9. The third-order valence-electron chi connectivity index (χ3n) is 5.85. The second-order valence-electron chi connectivity index (χ2n) is 7.65. The SMILES string of the molecule is Fc1ccc2cc(C3CCCN3c3ncnc4nc[nH]c34)c(-c3ccncc3)nc2c1. The molecule has 1 N–H and O–H groups in total. The molecule has 5 heterocycles. The van der Waals surface area contributed by atoms with Crippen LogP contribution in [0.5, 0.6) is 0 Å². The topological polar surface area (TPSA) is 83.5 Å². The van der Waals surface area contributed by atoms with Crippen LogP contribution >= 0.6 is 0 Å². The number of hydrogen-bond acceptors (Lipinski definition) is 6. The van der Waals surface area contributed by atoms with Gasteiger partial charge < -0.3 is 9.88 Å². The first-order valence-corrected chi connectivity index (χ1v) is 10.2. The first kappa shape index (κ1) is 17.9. The summed E-state index contributed by atoms with van der Waals surface area (Å²) in [6.07, 6.45) is 8.69. The smallest absolute Gasteiger partial charge is 0.182 e. The zero-order chi connectivity index (χ0) is 20.8. The van der Waals surface area contributed by atoms with Crippen LogP contribution in [0.3, 0.4) is 0 Å². The van der Waals surface area contributed by atoms with Gasteiger partial charge in [0.05, 0.1) is 23.6 Å². The van der Waals surface area contributed by atoms with Gasteiger partial charge in [-0.05, 0) is 43.2 Å². The van der Waals surface area contributed by atoms with Crippen molar-refractivity contribution in [1.29, 1.82) is 0 Å². The molecule has 1 fully saturated rings. The van der Waals surface area contributed by atoms with Crippen LogP contribution in [0.25, 0.3) is 33.3 Å². The Morgan fingerprint density at radius 1 is 1.03 bits per heavy atom. The molecule has 0 spiro atoms. The molecule has 1 atom stereocenters. The van der Waals surface area contributed by atoms with Gasteiger partial charge >= 0.3 is 0 Å². The van der Waals surface area contributed by atoms with E-state index in [4.69, 9.17) is 4.98 Å². The lowest BCUT2D eigenvalue weighted by Crippen LogP contribution is -2.24. The lowest BCUT2D eigenvalue weighted by molar-refractivity contribution is 0.629. The minimum atomic E-state index is -0.293. The van der Waals surface area contributed by atoms with Crippen molar-refractivity contribution >= 4 is 27.9 Å². The Kier molecular flexibility index (Phi) is 4.09. The van der Waals surface area contributed by atoms with Gasteiger partial charge in [-0.2, -0.15) is 0 Å². The number of pyridine rings is 2. The van der Waals surface area contributed by atoms with Crippen LogP contribution in [-0.2, 0) is 0 Å². The summed E-state index contributed by atoms with van der Waals surface area (Å²) in [4.78, 5) is 27.6. The number of aromatic amines is 1. The van der Waals surface area contributed by atoms with Gasteiger partial charge in [0, 0.05) is 41.5 Å². The number of H-pyrrole nitrogens is 1. The van der Waals surface area contributed by atoms with Crippen molar-refractivity contribution in [2.24, 2.45) is 0 Å². The van der Waals surface area contributed by atoms with Gasteiger partial charge in [0.1, 0.15) is 17.7 Å². The van der Waals surface area contributed by atoms with Crippen molar-refractivity contribution in [3.8, 4) is 11.3 Å². The normalized spacial score (nSPS) is 16.4. The van der Waals surface area contributed by atoms with Crippen LogP contribution in [0.4, 0.5) is 10.2 Å². The van der Waals surface area contributed by atoms with Crippen molar-refractivity contribution in [1.82, 2.24) is 29.9 Å². The highest BCUT2D eigenvalue weighted by Gasteiger charge is 2.31. The third kappa shape index (κ3) is 2.99. The zero-order valence-electron chi connectivity index (χ0n) is 16.5. The molecule has 1 aliphatic rings. The number of halogens is 1. The lowest BCUT2D eigenvalue weighted by Gasteiger charge is -2.28. The van der Waals surface area contributed by atoms with Gasteiger partial charge in [-0.3, -0.25) is 4.98 Å². The fourth-order valence-electron chi connectivity index (χ4n) is 4.47. The Bertz CT molecular complexity index is 1400. The summed E-state index contributed by atoms with van der Waals surface area (Å²) in [7, 11) is 0. The molecular weight excluding hydrogens is 393 g/mol. The molecule has 0 amide bonds. The second kappa shape index (κ2) is 7.09. The van der Waals surface area contributed by atoms with E-state index < -0.39 is 0 Å². The van der Waals surface area contributed by atoms with E-state index >= 15 is 0 Å². The van der Waals surface area contributed by atoms with E-state index in [1.165, 1.54) is 12.1 Å². The van der Waals surface area contributed by atoms with Crippen molar-refractivity contribution in [2.75, 3.05) is 11.4 Å². The Hall–Kier alpha value is -3.94. The van der Waals surface area contributed by atoms with Crippen LogP contribution < -0.4 is 4.90 Å². The molecule has 5 aromatic rings. The van der Waals surface area contributed by atoms with Gasteiger partial charge in [-0.25, -0.2) is 24.3 Å². The highest BCUT2D eigenvalue weighted by atomic mass is 19.1. The van der Waals surface area contributed by atoms with E-state index in [9.17, 15) is 4.39 Å². The maximum atomic E-state index is 13.9. The summed E-state index contributed by atoms with van der Waals surface area (Å²) in [6.45, 7) is 0.868. The Balaban J connectivity index is 1.55. The van der Waals surface area contributed by atoms with Crippen LogP contribution in [0.1, 0.15) is 24.4 Å². The van der Waals surface area contributed by atoms with Crippen molar-refractivity contribution in [2.45, 2.75) is 18.9 Å². The lowest BCUT2D eigenvalue weighted by atomic mass is 9.96. The molecule has 6 rings (SSSR count). The second-order valence-corrected chi connectivity index (χ2v) is 7.65. The number of hydrogen-bond donors (Lipinski definition) is 1. The molecule has 1 aliphatic heterocycles. The van der Waals surface area contributed by atoms with E-state index in [0.717, 1.165) is 52.9 Å². The summed E-state index contributed by atoms with van der Waals surface area (Å²) >= 11 is 0. The first-order valence-electron chi connectivity index (χ1n) is 10.2. The number of nitrogens with one attached hydrogen (secondary N) is 1. The van der Waals surface area contributed by atoms with Crippen LogP contribution in [0.2, 0.25) is 0 Å². The standard InChI is InChI=1S/C23H18FN7/c24-16-4-3-15-10-17(20(30-18(15)11-16)14-5-7-25-8-6-14)19-2-1-9-31(19)23-21-22(27-12-26-21)28-13-29-23/h3-8,10-13,19H,1-2,9H2,(H,26,27,28,29). The largest absolute Gasteiger partial charge is 0.348 e. The summed E-state index contributed by atoms with van der Waals surface area (Å²) in [5, 5.41) is 0.912. The monoisotopic (exact) mass is 411 g/mol. The summed E-state index contributed by atoms with van der Waals surface area (Å²) in [5.41, 5.74) is 5.00. The highest BCUT2D eigenvalue weighted by Crippen LogP contribution is 2.41. The molecule has 1 aromatic carbocycles. The molecule has 0 aliphatic carbocycles. The van der Waals surface area contributed by atoms with Crippen molar-refractivity contribution < 1.29 is 4.39 Å². The minimum Gasteiger partial charge on any atom is -0.348 e. The number of rotatable bonds is 3. The predicted octanol–water partition coefficient (Wildman–Crippen LogP) is 4.44.